The van der Waals surface area contributed by atoms with Gasteiger partial charge in [-0.1, -0.05) is 17.8 Å². The minimum Gasteiger partial charge on any atom is -0.378 e. The third-order valence-corrected chi connectivity index (χ3v) is 5.36. The molecule has 24 heavy (non-hydrogen) atoms. The fourth-order valence-electron chi connectivity index (χ4n) is 3.15. The summed E-state index contributed by atoms with van der Waals surface area (Å²) < 4.78 is 6.99. The van der Waals surface area contributed by atoms with Crippen molar-refractivity contribution in [1.29, 1.82) is 0 Å². The fraction of sp³-hybridized carbons (Fsp3) is 0.500. The highest BCUT2D eigenvalue weighted by molar-refractivity contribution is 7.99. The van der Waals surface area contributed by atoms with Gasteiger partial charge in [-0.2, -0.15) is 4.68 Å². The second kappa shape index (κ2) is 6.90. The Labute approximate surface area is 144 Å². The Balaban J connectivity index is 1.45. The van der Waals surface area contributed by atoms with Crippen LogP contribution < -0.4 is 0 Å². The highest BCUT2D eigenvalue weighted by Gasteiger charge is 2.19. The fourth-order valence-corrected chi connectivity index (χ4v) is 3.94. The Morgan fingerprint density at radius 1 is 1.21 bits per heavy atom. The zero-order valence-corrected chi connectivity index (χ0v) is 14.2. The summed E-state index contributed by atoms with van der Waals surface area (Å²) in [5, 5.41) is 12.6. The van der Waals surface area contributed by atoms with Gasteiger partial charge in [0.25, 0.3) is 0 Å². The van der Waals surface area contributed by atoms with E-state index in [1.807, 2.05) is 11.0 Å². The van der Waals surface area contributed by atoms with E-state index in [0.29, 0.717) is 37.2 Å². The molecule has 2 heterocycles. The minimum atomic E-state index is 0.104. The standard InChI is InChI=1S/C16H19N5O2S/c22-15(20-6-8-23-9-7-20)11-24-16-17-18-19-21(16)14-5-4-12-2-1-3-13(12)10-14/h4-5,10H,1-3,6-9,11H2. The number of carbonyl (C=O) groups excluding carboxylic acids is 1. The molecule has 0 spiro atoms. The van der Waals surface area contributed by atoms with Crippen LogP contribution in [0.2, 0.25) is 0 Å². The average molecular weight is 345 g/mol. The van der Waals surface area contributed by atoms with E-state index in [9.17, 15) is 4.79 Å². The molecule has 1 aliphatic carbocycles. The normalized spacial score (nSPS) is 17.1. The number of aryl methyl sites for hydroxylation is 2. The van der Waals surface area contributed by atoms with Gasteiger partial charge in [-0.15, -0.1) is 5.10 Å². The molecule has 4 rings (SSSR count). The summed E-state index contributed by atoms with van der Waals surface area (Å²) in [5.74, 6) is 0.442. The molecule has 2 aliphatic rings. The van der Waals surface area contributed by atoms with Crippen LogP contribution in [0.3, 0.4) is 0 Å². The molecular weight excluding hydrogens is 326 g/mol. The first kappa shape index (κ1) is 15.6. The zero-order valence-electron chi connectivity index (χ0n) is 13.3. The summed E-state index contributed by atoms with van der Waals surface area (Å²) in [7, 11) is 0. The number of nitrogens with zero attached hydrogens (tertiary/aromatic N) is 5. The first-order chi connectivity index (χ1) is 11.8. The summed E-state index contributed by atoms with van der Waals surface area (Å²) in [6.45, 7) is 2.55. The minimum absolute atomic E-state index is 0.104. The molecule has 0 radical (unpaired) electrons. The SMILES string of the molecule is O=C(CSc1nnnn1-c1ccc2c(c1)CCC2)N1CCOCC1. The highest BCUT2D eigenvalue weighted by atomic mass is 32.2. The maximum atomic E-state index is 12.3. The van der Waals surface area contributed by atoms with Crippen molar-refractivity contribution in [1.82, 2.24) is 25.1 Å². The number of morpholine rings is 1. The summed E-state index contributed by atoms with van der Waals surface area (Å²) >= 11 is 1.38. The molecule has 1 fully saturated rings. The topological polar surface area (TPSA) is 73.1 Å². The number of tetrazole rings is 1. The quantitative estimate of drug-likeness (QED) is 0.773. The molecule has 1 saturated heterocycles. The van der Waals surface area contributed by atoms with E-state index >= 15 is 0 Å². The van der Waals surface area contributed by atoms with Gasteiger partial charge >= 0.3 is 0 Å². The van der Waals surface area contributed by atoms with E-state index in [0.717, 1.165) is 18.5 Å². The van der Waals surface area contributed by atoms with Crippen molar-refractivity contribution in [2.45, 2.75) is 24.4 Å². The van der Waals surface area contributed by atoms with Crippen LogP contribution in [-0.2, 0) is 22.4 Å². The molecule has 1 aromatic heterocycles. The number of aromatic nitrogens is 4. The summed E-state index contributed by atoms with van der Waals surface area (Å²) in [5.41, 5.74) is 3.76. The van der Waals surface area contributed by atoms with Gasteiger partial charge in [0.1, 0.15) is 0 Å². The van der Waals surface area contributed by atoms with E-state index < -0.39 is 0 Å². The Kier molecular flexibility index (Phi) is 4.48. The summed E-state index contributed by atoms with van der Waals surface area (Å²) in [6, 6.07) is 6.37. The van der Waals surface area contributed by atoms with Crippen LogP contribution in [0.1, 0.15) is 17.5 Å². The number of hydrogen-bond donors (Lipinski definition) is 0. The van der Waals surface area contributed by atoms with Crippen molar-refractivity contribution in [2.24, 2.45) is 0 Å². The predicted molar refractivity (Wildman–Crippen MR) is 89.3 cm³/mol. The lowest BCUT2D eigenvalue weighted by Gasteiger charge is -2.26. The van der Waals surface area contributed by atoms with Crippen LogP contribution in [0.5, 0.6) is 0 Å². The van der Waals surface area contributed by atoms with Crippen molar-refractivity contribution >= 4 is 17.7 Å². The van der Waals surface area contributed by atoms with Crippen LogP contribution in [0.15, 0.2) is 23.4 Å². The summed E-state index contributed by atoms with van der Waals surface area (Å²) in [6.07, 6.45) is 3.48. The number of ether oxygens (including phenoxy) is 1. The Bertz CT molecular complexity index is 742. The largest absolute Gasteiger partial charge is 0.378 e. The second-order valence-corrected chi connectivity index (χ2v) is 6.90. The number of rotatable bonds is 4. The Hall–Kier alpha value is -1.93. The van der Waals surface area contributed by atoms with E-state index in [4.69, 9.17) is 4.74 Å². The first-order valence-electron chi connectivity index (χ1n) is 8.20. The smallest absolute Gasteiger partial charge is 0.233 e. The zero-order chi connectivity index (χ0) is 16.4. The number of carbonyl (C=O) groups is 1. The van der Waals surface area contributed by atoms with Gasteiger partial charge in [-0.25, -0.2) is 0 Å². The monoisotopic (exact) mass is 345 g/mol. The van der Waals surface area contributed by atoms with Crippen molar-refractivity contribution in [3.05, 3.63) is 29.3 Å². The molecule has 1 aromatic carbocycles. The maximum absolute atomic E-state index is 12.3. The third-order valence-electron chi connectivity index (χ3n) is 4.46. The molecule has 0 atom stereocenters. The number of amides is 1. The van der Waals surface area contributed by atoms with Crippen LogP contribution >= 0.6 is 11.8 Å². The highest BCUT2D eigenvalue weighted by Crippen LogP contribution is 2.26. The second-order valence-electron chi connectivity index (χ2n) is 5.96. The van der Waals surface area contributed by atoms with Gasteiger partial charge in [0.15, 0.2) is 0 Å². The maximum Gasteiger partial charge on any atom is 0.233 e. The molecule has 0 bridgehead atoms. The number of fused-ring (bicyclic) bond motifs is 1. The lowest BCUT2D eigenvalue weighted by atomic mass is 10.1. The van der Waals surface area contributed by atoms with E-state index in [1.165, 1.54) is 29.3 Å². The van der Waals surface area contributed by atoms with Gasteiger partial charge in [0.2, 0.25) is 11.1 Å². The Morgan fingerprint density at radius 2 is 2.04 bits per heavy atom. The number of thioether (sulfide) groups is 1. The van der Waals surface area contributed by atoms with Gasteiger partial charge in [0, 0.05) is 13.1 Å². The number of benzene rings is 1. The van der Waals surface area contributed by atoms with Gasteiger partial charge < -0.3 is 9.64 Å². The Morgan fingerprint density at radius 3 is 2.92 bits per heavy atom. The molecule has 126 valence electrons. The van der Waals surface area contributed by atoms with Crippen molar-refractivity contribution in [3.63, 3.8) is 0 Å². The van der Waals surface area contributed by atoms with Crippen LogP contribution in [0, 0.1) is 0 Å². The third kappa shape index (κ3) is 3.16. The molecule has 0 unspecified atom stereocenters. The van der Waals surface area contributed by atoms with Crippen LogP contribution in [0.25, 0.3) is 5.69 Å². The van der Waals surface area contributed by atoms with E-state index in [2.05, 4.69) is 27.7 Å². The molecule has 7 nitrogen and oxygen atoms in total. The summed E-state index contributed by atoms with van der Waals surface area (Å²) in [4.78, 5) is 14.1. The molecule has 2 aromatic rings. The molecule has 0 saturated carbocycles. The van der Waals surface area contributed by atoms with E-state index in [-0.39, 0.29) is 5.91 Å². The molecule has 1 aliphatic heterocycles. The molecular formula is C16H19N5O2S. The first-order valence-corrected chi connectivity index (χ1v) is 9.19. The van der Waals surface area contributed by atoms with Gasteiger partial charge in [-0.05, 0) is 52.9 Å². The molecule has 0 N–H and O–H groups in total. The van der Waals surface area contributed by atoms with Crippen molar-refractivity contribution in [3.8, 4) is 5.69 Å². The van der Waals surface area contributed by atoms with Crippen LogP contribution in [-0.4, -0.2) is 63.1 Å². The molecule has 8 heteroatoms. The lowest BCUT2D eigenvalue weighted by molar-refractivity contribution is -0.132. The average Bonchev–Trinajstić information content (AvgIpc) is 3.28. The van der Waals surface area contributed by atoms with E-state index in [1.54, 1.807) is 4.68 Å². The predicted octanol–water partition coefficient (Wildman–Crippen LogP) is 1.10. The van der Waals surface area contributed by atoms with Crippen molar-refractivity contribution in [2.75, 3.05) is 32.1 Å². The van der Waals surface area contributed by atoms with Crippen molar-refractivity contribution < 1.29 is 9.53 Å². The lowest BCUT2D eigenvalue weighted by Crippen LogP contribution is -2.41. The molecule has 1 amide bonds. The van der Waals surface area contributed by atoms with Crippen LogP contribution in [0.4, 0.5) is 0 Å². The van der Waals surface area contributed by atoms with Gasteiger partial charge in [-0.3, -0.25) is 4.79 Å². The number of hydrogen-bond acceptors (Lipinski definition) is 6. The van der Waals surface area contributed by atoms with Gasteiger partial charge in [0.05, 0.1) is 24.7 Å².